The van der Waals surface area contributed by atoms with E-state index in [0.29, 0.717) is 11.7 Å². The molecule has 0 heterocycles. The van der Waals surface area contributed by atoms with Crippen LogP contribution >= 0.6 is 0 Å². The molecule has 0 spiro atoms. The van der Waals surface area contributed by atoms with E-state index >= 15 is 0 Å². The van der Waals surface area contributed by atoms with Crippen LogP contribution in [-0.4, -0.2) is 5.78 Å². The van der Waals surface area contributed by atoms with Crippen LogP contribution in [0.3, 0.4) is 0 Å². The molecule has 1 heteroatoms. The van der Waals surface area contributed by atoms with E-state index in [1.807, 2.05) is 0 Å². The summed E-state index contributed by atoms with van der Waals surface area (Å²) >= 11 is 0. The Hall–Kier alpha value is -0.330. The summed E-state index contributed by atoms with van der Waals surface area (Å²) in [6.07, 6.45) is 2.06. The van der Waals surface area contributed by atoms with Crippen LogP contribution in [0.4, 0.5) is 0 Å². The predicted molar refractivity (Wildman–Crippen MR) is 30.4 cm³/mol. The lowest BCUT2D eigenvalue weighted by Gasteiger charge is -1.89. The van der Waals surface area contributed by atoms with Gasteiger partial charge < -0.3 is 0 Å². The molecule has 2 fully saturated rings. The second-order valence-corrected chi connectivity index (χ2v) is 3.05. The molecule has 0 aromatic carbocycles. The summed E-state index contributed by atoms with van der Waals surface area (Å²) in [6.45, 7) is 2.19. The molecule has 8 heavy (non-hydrogen) atoms. The molecule has 3 atom stereocenters. The van der Waals surface area contributed by atoms with Crippen LogP contribution in [0, 0.1) is 17.8 Å². The molecule has 0 N–H and O–H groups in total. The molecule has 0 amide bonds. The van der Waals surface area contributed by atoms with Gasteiger partial charge in [-0.25, -0.2) is 0 Å². The molecule has 0 saturated heterocycles. The van der Waals surface area contributed by atoms with Crippen LogP contribution in [0.25, 0.3) is 0 Å². The Kier molecular flexibility index (Phi) is 0.651. The van der Waals surface area contributed by atoms with Crippen LogP contribution in [-0.2, 0) is 4.79 Å². The summed E-state index contributed by atoms with van der Waals surface area (Å²) in [5.74, 6) is 2.59. The Balaban J connectivity index is 2.18. The van der Waals surface area contributed by atoms with Crippen molar-refractivity contribution in [1.82, 2.24) is 0 Å². The third-order valence-electron chi connectivity index (χ3n) is 2.66. The molecule has 2 aliphatic rings. The lowest BCUT2D eigenvalue weighted by Crippen LogP contribution is -1.95. The molecule has 0 aromatic rings. The minimum atomic E-state index is 0.509. The van der Waals surface area contributed by atoms with Gasteiger partial charge in [-0.1, -0.05) is 6.92 Å². The van der Waals surface area contributed by atoms with Gasteiger partial charge in [-0.3, -0.25) is 4.79 Å². The van der Waals surface area contributed by atoms with Crippen molar-refractivity contribution in [2.24, 2.45) is 17.8 Å². The fourth-order valence-corrected chi connectivity index (χ4v) is 2.00. The topological polar surface area (TPSA) is 17.1 Å². The minimum absolute atomic E-state index is 0.509. The molecule has 1 nitrogen and oxygen atoms in total. The van der Waals surface area contributed by atoms with E-state index in [1.165, 1.54) is 6.42 Å². The van der Waals surface area contributed by atoms with Crippen molar-refractivity contribution >= 4 is 5.78 Å². The minimum Gasteiger partial charge on any atom is -0.299 e. The van der Waals surface area contributed by atoms with Crippen LogP contribution in [0.15, 0.2) is 0 Å². The predicted octanol–water partition coefficient (Wildman–Crippen LogP) is 1.23. The third kappa shape index (κ3) is 0.355. The highest BCUT2D eigenvalue weighted by molar-refractivity contribution is 5.86. The molecule has 0 aromatic heterocycles. The van der Waals surface area contributed by atoms with Gasteiger partial charge in [0.25, 0.3) is 0 Å². The standard InChI is InChI=1S/C7H10O/c1-4-5-2-3-6(8)7(4)5/h4-5,7H,2-3H2,1H3/t4?,5-,7+/m1/s1. The molecule has 2 rings (SSSR count). The highest BCUT2D eigenvalue weighted by atomic mass is 16.1. The van der Waals surface area contributed by atoms with Gasteiger partial charge in [0.1, 0.15) is 5.78 Å². The first kappa shape index (κ1) is 4.54. The zero-order valence-electron chi connectivity index (χ0n) is 5.05. The quantitative estimate of drug-likeness (QED) is 0.458. The van der Waals surface area contributed by atoms with Crippen LogP contribution in [0.1, 0.15) is 19.8 Å². The van der Waals surface area contributed by atoms with Gasteiger partial charge in [-0.15, -0.1) is 0 Å². The van der Waals surface area contributed by atoms with Crippen molar-refractivity contribution in [3.8, 4) is 0 Å². The maximum absolute atomic E-state index is 10.8. The highest BCUT2D eigenvalue weighted by Crippen LogP contribution is 2.54. The molecule has 2 saturated carbocycles. The summed E-state index contributed by atoms with van der Waals surface area (Å²) < 4.78 is 0. The summed E-state index contributed by atoms with van der Waals surface area (Å²) in [6, 6.07) is 0. The fourth-order valence-electron chi connectivity index (χ4n) is 2.00. The Morgan fingerprint density at radius 2 is 2.38 bits per heavy atom. The Bertz CT molecular complexity index is 139. The summed E-state index contributed by atoms with van der Waals surface area (Å²) in [4.78, 5) is 10.8. The number of hydrogen-bond acceptors (Lipinski definition) is 1. The number of fused-ring (bicyclic) bond motifs is 1. The van der Waals surface area contributed by atoms with Gasteiger partial charge in [0.2, 0.25) is 0 Å². The molecule has 0 aliphatic heterocycles. The largest absolute Gasteiger partial charge is 0.299 e. The zero-order valence-corrected chi connectivity index (χ0v) is 5.05. The Morgan fingerprint density at radius 3 is 2.62 bits per heavy atom. The average Bonchev–Trinajstić information content (AvgIpc) is 2.13. The first-order valence-corrected chi connectivity index (χ1v) is 3.33. The molecule has 44 valence electrons. The molecular weight excluding hydrogens is 100 g/mol. The molecule has 2 aliphatic carbocycles. The Morgan fingerprint density at radius 1 is 1.62 bits per heavy atom. The highest BCUT2D eigenvalue weighted by Gasteiger charge is 2.54. The maximum Gasteiger partial charge on any atom is 0.136 e. The summed E-state index contributed by atoms with van der Waals surface area (Å²) in [7, 11) is 0. The lowest BCUT2D eigenvalue weighted by molar-refractivity contribution is -0.119. The smallest absolute Gasteiger partial charge is 0.136 e. The Labute approximate surface area is 49.1 Å². The number of rotatable bonds is 0. The van der Waals surface area contributed by atoms with Gasteiger partial charge in [0.05, 0.1) is 0 Å². The molecular formula is C7H10O. The number of carbonyl (C=O) groups is 1. The van der Waals surface area contributed by atoms with E-state index in [1.54, 1.807) is 0 Å². The first-order chi connectivity index (χ1) is 3.80. The van der Waals surface area contributed by atoms with Gasteiger partial charge >= 0.3 is 0 Å². The van der Waals surface area contributed by atoms with Crippen molar-refractivity contribution in [1.29, 1.82) is 0 Å². The zero-order chi connectivity index (χ0) is 5.72. The van der Waals surface area contributed by atoms with Gasteiger partial charge in [0.15, 0.2) is 0 Å². The van der Waals surface area contributed by atoms with Crippen molar-refractivity contribution < 1.29 is 4.79 Å². The van der Waals surface area contributed by atoms with E-state index < -0.39 is 0 Å². The second-order valence-electron chi connectivity index (χ2n) is 3.05. The molecule has 1 unspecified atom stereocenters. The SMILES string of the molecule is CC1[C@H]2CCC(=O)[C@@H]12. The van der Waals surface area contributed by atoms with Gasteiger partial charge in [-0.2, -0.15) is 0 Å². The van der Waals surface area contributed by atoms with E-state index in [4.69, 9.17) is 0 Å². The van der Waals surface area contributed by atoms with Gasteiger partial charge in [0, 0.05) is 12.3 Å². The number of carbonyl (C=O) groups excluding carboxylic acids is 1. The normalized spacial score (nSPS) is 51.6. The number of ketones is 1. The third-order valence-corrected chi connectivity index (χ3v) is 2.66. The van der Waals surface area contributed by atoms with Gasteiger partial charge in [-0.05, 0) is 18.3 Å². The number of hydrogen-bond donors (Lipinski definition) is 0. The van der Waals surface area contributed by atoms with E-state index in [-0.39, 0.29) is 0 Å². The molecule has 0 bridgehead atoms. The second kappa shape index (κ2) is 1.15. The van der Waals surface area contributed by atoms with E-state index in [0.717, 1.165) is 18.3 Å². The number of Topliss-reactive ketones (excluding diaryl/α,β-unsaturated/α-hetero) is 1. The fraction of sp³-hybridized carbons (Fsp3) is 0.857. The van der Waals surface area contributed by atoms with Crippen molar-refractivity contribution in [2.75, 3.05) is 0 Å². The van der Waals surface area contributed by atoms with Crippen molar-refractivity contribution in [3.05, 3.63) is 0 Å². The maximum atomic E-state index is 10.8. The van der Waals surface area contributed by atoms with Crippen molar-refractivity contribution in [2.45, 2.75) is 19.8 Å². The van der Waals surface area contributed by atoms with Crippen LogP contribution in [0.5, 0.6) is 0 Å². The van der Waals surface area contributed by atoms with Crippen LogP contribution in [0.2, 0.25) is 0 Å². The van der Waals surface area contributed by atoms with Crippen molar-refractivity contribution in [3.63, 3.8) is 0 Å². The van der Waals surface area contributed by atoms with E-state index in [2.05, 4.69) is 6.92 Å². The van der Waals surface area contributed by atoms with E-state index in [9.17, 15) is 4.79 Å². The lowest BCUT2D eigenvalue weighted by atomic mass is 10.2. The van der Waals surface area contributed by atoms with Crippen LogP contribution < -0.4 is 0 Å². The summed E-state index contributed by atoms with van der Waals surface area (Å²) in [5.41, 5.74) is 0. The first-order valence-electron chi connectivity index (χ1n) is 3.33. The monoisotopic (exact) mass is 110 g/mol. The average molecular weight is 110 g/mol. The molecule has 0 radical (unpaired) electrons. The summed E-state index contributed by atoms with van der Waals surface area (Å²) in [5, 5.41) is 0.